The molecule has 78 valence electrons. The Balaban J connectivity index is 0.00000112. The Morgan fingerprint density at radius 3 is 1.40 bits per heavy atom. The molecule has 2 rings (SSSR count). The number of hydrogen-bond donors (Lipinski definition) is 3. The van der Waals surface area contributed by atoms with Crippen LogP contribution in [-0.4, -0.2) is 0 Å². The predicted molar refractivity (Wildman–Crippen MR) is 65.7 cm³/mol. The third-order valence-corrected chi connectivity index (χ3v) is 2.11. The number of nitrogens with two attached hydrogens (primary N) is 2. The monoisotopic (exact) mass is 201 g/mol. The maximum atomic E-state index is 5.70. The zero-order chi connectivity index (χ0) is 9.97. The van der Waals surface area contributed by atoms with Crippen LogP contribution in [0.15, 0.2) is 48.5 Å². The number of rotatable bonds is 1. The van der Waals surface area contributed by atoms with Crippen LogP contribution in [0, 0.1) is 0 Å². The number of benzene rings is 2. The van der Waals surface area contributed by atoms with Crippen LogP contribution in [0.2, 0.25) is 0 Å². The standard InChI is InChI=1S/C12H12N2.H3N/c13-11-5-1-3-9(7-11)10-4-2-6-12(14)8-10;/h1-8H,13-14H2;1H3. The maximum absolute atomic E-state index is 5.70. The Morgan fingerprint density at radius 1 is 0.667 bits per heavy atom. The summed E-state index contributed by atoms with van der Waals surface area (Å²) in [6, 6.07) is 15.5. The highest BCUT2D eigenvalue weighted by Gasteiger charge is 1.97. The Hall–Kier alpha value is -2.00. The van der Waals surface area contributed by atoms with Crippen LogP contribution in [0.3, 0.4) is 0 Å². The molecule has 0 unspecified atom stereocenters. The fourth-order valence-electron chi connectivity index (χ4n) is 1.44. The van der Waals surface area contributed by atoms with Gasteiger partial charge in [0.05, 0.1) is 0 Å². The maximum Gasteiger partial charge on any atom is 0.0320 e. The second kappa shape index (κ2) is 4.48. The molecule has 0 atom stereocenters. The summed E-state index contributed by atoms with van der Waals surface area (Å²) in [4.78, 5) is 0. The second-order valence-electron chi connectivity index (χ2n) is 3.25. The minimum atomic E-state index is 0. The Bertz CT molecular complexity index is 409. The third kappa shape index (κ3) is 2.48. The van der Waals surface area contributed by atoms with Gasteiger partial charge in [-0.2, -0.15) is 0 Å². The van der Waals surface area contributed by atoms with E-state index in [9.17, 15) is 0 Å². The summed E-state index contributed by atoms with van der Waals surface area (Å²) in [6.45, 7) is 0. The topological polar surface area (TPSA) is 87.0 Å². The molecule has 2 aromatic rings. The van der Waals surface area contributed by atoms with E-state index in [0.29, 0.717) is 0 Å². The van der Waals surface area contributed by atoms with Crippen molar-refractivity contribution in [2.45, 2.75) is 0 Å². The first-order valence-corrected chi connectivity index (χ1v) is 4.47. The fraction of sp³-hybridized carbons (Fsp3) is 0. The number of nitrogen functional groups attached to an aromatic ring is 2. The van der Waals surface area contributed by atoms with Gasteiger partial charge in [-0.15, -0.1) is 0 Å². The highest BCUT2D eigenvalue weighted by molar-refractivity contribution is 5.70. The van der Waals surface area contributed by atoms with Crippen molar-refractivity contribution < 1.29 is 0 Å². The van der Waals surface area contributed by atoms with Gasteiger partial charge >= 0.3 is 0 Å². The van der Waals surface area contributed by atoms with Gasteiger partial charge in [0, 0.05) is 11.4 Å². The molecule has 0 saturated heterocycles. The van der Waals surface area contributed by atoms with Gasteiger partial charge in [0.1, 0.15) is 0 Å². The van der Waals surface area contributed by atoms with E-state index in [0.717, 1.165) is 22.5 Å². The van der Waals surface area contributed by atoms with Crippen LogP contribution in [0.4, 0.5) is 11.4 Å². The van der Waals surface area contributed by atoms with Gasteiger partial charge in [0.2, 0.25) is 0 Å². The quantitative estimate of drug-likeness (QED) is 0.620. The summed E-state index contributed by atoms with van der Waals surface area (Å²) < 4.78 is 0. The molecule has 0 radical (unpaired) electrons. The van der Waals surface area contributed by atoms with Crippen molar-refractivity contribution in [3.8, 4) is 11.1 Å². The van der Waals surface area contributed by atoms with Gasteiger partial charge in [0.15, 0.2) is 0 Å². The third-order valence-electron chi connectivity index (χ3n) is 2.11. The van der Waals surface area contributed by atoms with Crippen molar-refractivity contribution in [1.29, 1.82) is 0 Å². The lowest BCUT2D eigenvalue weighted by atomic mass is 10.0. The second-order valence-corrected chi connectivity index (χ2v) is 3.25. The van der Waals surface area contributed by atoms with Crippen LogP contribution < -0.4 is 17.6 Å². The molecule has 3 heteroatoms. The average molecular weight is 201 g/mol. The summed E-state index contributed by atoms with van der Waals surface area (Å²) >= 11 is 0. The van der Waals surface area contributed by atoms with Crippen LogP contribution in [0.5, 0.6) is 0 Å². The zero-order valence-electron chi connectivity index (χ0n) is 8.48. The molecular weight excluding hydrogens is 186 g/mol. The van der Waals surface area contributed by atoms with Gasteiger partial charge in [-0.1, -0.05) is 24.3 Å². The van der Waals surface area contributed by atoms with Crippen molar-refractivity contribution in [2.24, 2.45) is 0 Å². The predicted octanol–water partition coefficient (Wildman–Crippen LogP) is 2.68. The molecule has 0 aliphatic carbocycles. The SMILES string of the molecule is N.Nc1cccc(-c2cccc(N)c2)c1. The van der Waals surface area contributed by atoms with E-state index in [1.54, 1.807) is 0 Å². The first-order valence-electron chi connectivity index (χ1n) is 4.47. The smallest absolute Gasteiger partial charge is 0.0320 e. The molecule has 0 aliphatic heterocycles. The lowest BCUT2D eigenvalue weighted by molar-refractivity contribution is 1.61. The highest BCUT2D eigenvalue weighted by atomic mass is 14.5. The minimum absolute atomic E-state index is 0. The molecule has 15 heavy (non-hydrogen) atoms. The molecule has 0 aromatic heterocycles. The average Bonchev–Trinajstić information content (AvgIpc) is 2.18. The molecule has 0 heterocycles. The molecule has 0 fully saturated rings. The normalized spacial score (nSPS) is 9.33. The van der Waals surface area contributed by atoms with E-state index < -0.39 is 0 Å². The van der Waals surface area contributed by atoms with E-state index in [4.69, 9.17) is 11.5 Å². The molecule has 0 aliphatic rings. The van der Waals surface area contributed by atoms with E-state index in [2.05, 4.69) is 0 Å². The van der Waals surface area contributed by atoms with Crippen molar-refractivity contribution in [2.75, 3.05) is 11.5 Å². The van der Waals surface area contributed by atoms with E-state index in [1.165, 1.54) is 0 Å². The fourth-order valence-corrected chi connectivity index (χ4v) is 1.44. The van der Waals surface area contributed by atoms with Crippen LogP contribution in [-0.2, 0) is 0 Å². The Labute approximate surface area is 89.3 Å². The highest BCUT2D eigenvalue weighted by Crippen LogP contribution is 2.22. The summed E-state index contributed by atoms with van der Waals surface area (Å²) in [5.41, 5.74) is 15.1. The first-order chi connectivity index (χ1) is 6.75. The molecule has 0 spiro atoms. The van der Waals surface area contributed by atoms with Crippen molar-refractivity contribution in [1.82, 2.24) is 6.15 Å². The van der Waals surface area contributed by atoms with Gasteiger partial charge in [-0.3, -0.25) is 0 Å². The summed E-state index contributed by atoms with van der Waals surface area (Å²) in [6.07, 6.45) is 0. The van der Waals surface area contributed by atoms with Crippen molar-refractivity contribution in [3.63, 3.8) is 0 Å². The van der Waals surface area contributed by atoms with Crippen molar-refractivity contribution >= 4 is 11.4 Å². The van der Waals surface area contributed by atoms with E-state index in [-0.39, 0.29) is 6.15 Å². The summed E-state index contributed by atoms with van der Waals surface area (Å²) in [7, 11) is 0. The Kier molecular flexibility index (Phi) is 3.31. The lowest BCUT2D eigenvalue weighted by Crippen LogP contribution is -1.87. The summed E-state index contributed by atoms with van der Waals surface area (Å²) in [5.74, 6) is 0. The molecule has 0 amide bonds. The zero-order valence-corrected chi connectivity index (χ0v) is 8.48. The largest absolute Gasteiger partial charge is 0.399 e. The van der Waals surface area contributed by atoms with Gasteiger partial charge in [-0.05, 0) is 35.4 Å². The molecule has 2 aromatic carbocycles. The van der Waals surface area contributed by atoms with Gasteiger partial charge in [-0.25, -0.2) is 0 Å². The van der Waals surface area contributed by atoms with Crippen LogP contribution in [0.1, 0.15) is 0 Å². The number of anilines is 2. The van der Waals surface area contributed by atoms with Crippen molar-refractivity contribution in [3.05, 3.63) is 48.5 Å². The van der Waals surface area contributed by atoms with E-state index >= 15 is 0 Å². The minimum Gasteiger partial charge on any atom is -0.399 e. The molecule has 3 nitrogen and oxygen atoms in total. The summed E-state index contributed by atoms with van der Waals surface area (Å²) in [5, 5.41) is 0. The van der Waals surface area contributed by atoms with Gasteiger partial charge in [0.25, 0.3) is 0 Å². The molecular formula is C12H15N3. The lowest BCUT2D eigenvalue weighted by Gasteiger charge is -2.03. The molecule has 0 saturated carbocycles. The van der Waals surface area contributed by atoms with E-state index in [1.807, 2.05) is 48.5 Å². The van der Waals surface area contributed by atoms with Crippen LogP contribution >= 0.6 is 0 Å². The molecule has 7 N–H and O–H groups in total. The number of hydrogen-bond acceptors (Lipinski definition) is 3. The van der Waals surface area contributed by atoms with Gasteiger partial charge < -0.3 is 17.6 Å². The Morgan fingerprint density at radius 2 is 1.07 bits per heavy atom. The first kappa shape index (κ1) is 11.1. The molecule has 0 bridgehead atoms. The van der Waals surface area contributed by atoms with Crippen LogP contribution in [0.25, 0.3) is 11.1 Å².